The standard InChI is InChI=1S/C23H26BrN3O2S/c1-5-23(3,4)26-20(28)14-30-22-25-19-12-11-17(24)13-18(19)21(29)27(22)15(2)16-9-7-6-8-10-16/h6-13,15H,5,14H2,1-4H3,(H,26,28). The van der Waals surface area contributed by atoms with Crippen LogP contribution in [0.15, 0.2) is 63.0 Å². The van der Waals surface area contributed by atoms with Gasteiger partial charge in [-0.15, -0.1) is 0 Å². The molecule has 0 aliphatic rings. The van der Waals surface area contributed by atoms with E-state index >= 15 is 0 Å². The van der Waals surface area contributed by atoms with Crippen LogP contribution in [-0.4, -0.2) is 26.8 Å². The lowest BCUT2D eigenvalue weighted by atomic mass is 10.0. The maximum absolute atomic E-state index is 13.4. The van der Waals surface area contributed by atoms with Crippen molar-refractivity contribution in [2.45, 2.75) is 50.9 Å². The molecule has 2 aromatic carbocycles. The molecule has 1 atom stereocenters. The first-order valence-electron chi connectivity index (χ1n) is 9.92. The van der Waals surface area contributed by atoms with E-state index in [1.54, 1.807) is 10.6 Å². The lowest BCUT2D eigenvalue weighted by Crippen LogP contribution is -2.43. The molecule has 0 spiro atoms. The fourth-order valence-electron chi connectivity index (χ4n) is 3.11. The third-order valence-electron chi connectivity index (χ3n) is 5.19. The van der Waals surface area contributed by atoms with Gasteiger partial charge in [-0.2, -0.15) is 0 Å². The van der Waals surface area contributed by atoms with Crippen LogP contribution in [0.4, 0.5) is 0 Å². The quantitative estimate of drug-likeness (QED) is 0.369. The highest BCUT2D eigenvalue weighted by atomic mass is 79.9. The van der Waals surface area contributed by atoms with E-state index in [0.717, 1.165) is 16.5 Å². The first kappa shape index (κ1) is 22.6. The SMILES string of the molecule is CCC(C)(C)NC(=O)CSc1nc2ccc(Br)cc2c(=O)n1C(C)c1ccccc1. The van der Waals surface area contributed by atoms with Gasteiger partial charge in [-0.25, -0.2) is 4.98 Å². The van der Waals surface area contributed by atoms with Crippen LogP contribution in [-0.2, 0) is 4.79 Å². The number of rotatable bonds is 7. The van der Waals surface area contributed by atoms with Gasteiger partial charge in [0.15, 0.2) is 5.16 Å². The van der Waals surface area contributed by atoms with Gasteiger partial charge in [-0.05, 0) is 51.0 Å². The predicted octanol–water partition coefficient (Wildman–Crippen LogP) is 5.17. The number of hydrogen-bond donors (Lipinski definition) is 1. The summed E-state index contributed by atoms with van der Waals surface area (Å²) in [7, 11) is 0. The monoisotopic (exact) mass is 487 g/mol. The van der Waals surface area contributed by atoms with Crippen LogP contribution in [0.25, 0.3) is 10.9 Å². The molecular weight excluding hydrogens is 462 g/mol. The Balaban J connectivity index is 2.02. The number of thioether (sulfide) groups is 1. The van der Waals surface area contributed by atoms with Crippen molar-refractivity contribution in [3.8, 4) is 0 Å². The number of carbonyl (C=O) groups excluding carboxylic acids is 1. The molecule has 0 fully saturated rings. The molecule has 30 heavy (non-hydrogen) atoms. The summed E-state index contributed by atoms with van der Waals surface area (Å²) in [6.45, 7) is 8.01. The largest absolute Gasteiger partial charge is 0.351 e. The smallest absolute Gasteiger partial charge is 0.262 e. The molecule has 0 bridgehead atoms. The van der Waals surface area contributed by atoms with Gasteiger partial charge in [0.25, 0.3) is 5.56 Å². The van der Waals surface area contributed by atoms with Crippen molar-refractivity contribution < 1.29 is 4.79 Å². The zero-order chi connectivity index (χ0) is 21.9. The summed E-state index contributed by atoms with van der Waals surface area (Å²) in [5.41, 5.74) is 1.25. The van der Waals surface area contributed by atoms with Crippen molar-refractivity contribution in [2.75, 3.05) is 5.75 Å². The lowest BCUT2D eigenvalue weighted by molar-refractivity contribution is -0.120. The van der Waals surface area contributed by atoms with Crippen molar-refractivity contribution in [1.29, 1.82) is 0 Å². The molecule has 158 valence electrons. The number of carbonyl (C=O) groups is 1. The second kappa shape index (κ2) is 9.35. The second-order valence-corrected chi connectivity index (χ2v) is 9.75. The Bertz CT molecular complexity index is 1110. The average molecular weight is 488 g/mol. The minimum atomic E-state index is -0.266. The van der Waals surface area contributed by atoms with E-state index in [4.69, 9.17) is 4.98 Å². The number of fused-ring (bicyclic) bond motifs is 1. The number of benzene rings is 2. The highest BCUT2D eigenvalue weighted by Gasteiger charge is 2.21. The average Bonchev–Trinajstić information content (AvgIpc) is 2.73. The van der Waals surface area contributed by atoms with Crippen molar-refractivity contribution >= 4 is 44.5 Å². The molecule has 1 N–H and O–H groups in total. The van der Waals surface area contributed by atoms with Gasteiger partial charge < -0.3 is 5.32 Å². The molecule has 3 aromatic rings. The third-order valence-corrected chi connectivity index (χ3v) is 6.64. The number of aromatic nitrogens is 2. The van der Waals surface area contributed by atoms with Crippen LogP contribution >= 0.6 is 27.7 Å². The highest BCUT2D eigenvalue weighted by Crippen LogP contribution is 2.26. The summed E-state index contributed by atoms with van der Waals surface area (Å²) in [5.74, 6) is 0.121. The highest BCUT2D eigenvalue weighted by molar-refractivity contribution is 9.10. The Morgan fingerprint density at radius 2 is 1.93 bits per heavy atom. The number of nitrogens with one attached hydrogen (secondary N) is 1. The first-order chi connectivity index (χ1) is 14.2. The number of halogens is 1. The maximum atomic E-state index is 13.4. The summed E-state index contributed by atoms with van der Waals surface area (Å²) in [6, 6.07) is 15.1. The van der Waals surface area contributed by atoms with Crippen molar-refractivity contribution in [2.24, 2.45) is 0 Å². The fourth-order valence-corrected chi connectivity index (χ4v) is 4.34. The first-order valence-corrected chi connectivity index (χ1v) is 11.7. The van der Waals surface area contributed by atoms with E-state index in [0.29, 0.717) is 16.1 Å². The lowest BCUT2D eigenvalue weighted by Gasteiger charge is -2.24. The van der Waals surface area contributed by atoms with E-state index in [1.807, 2.05) is 70.2 Å². The zero-order valence-corrected chi connectivity index (χ0v) is 20.0. The third kappa shape index (κ3) is 5.13. The van der Waals surface area contributed by atoms with Crippen molar-refractivity contribution in [3.05, 3.63) is 68.9 Å². The molecule has 0 saturated heterocycles. The van der Waals surface area contributed by atoms with Gasteiger partial charge in [0.1, 0.15) is 0 Å². The van der Waals surface area contributed by atoms with Gasteiger partial charge in [0.05, 0.1) is 22.7 Å². The van der Waals surface area contributed by atoms with Crippen LogP contribution in [0.5, 0.6) is 0 Å². The van der Waals surface area contributed by atoms with Crippen LogP contribution in [0.3, 0.4) is 0 Å². The van der Waals surface area contributed by atoms with E-state index < -0.39 is 0 Å². The number of nitrogens with zero attached hydrogens (tertiary/aromatic N) is 2. The molecule has 5 nitrogen and oxygen atoms in total. The molecule has 1 amide bonds. The molecule has 0 saturated carbocycles. The van der Waals surface area contributed by atoms with Gasteiger partial charge >= 0.3 is 0 Å². The molecular formula is C23H26BrN3O2S. The summed E-state index contributed by atoms with van der Waals surface area (Å²) in [5, 5.41) is 4.12. The van der Waals surface area contributed by atoms with E-state index in [-0.39, 0.29) is 28.8 Å². The van der Waals surface area contributed by atoms with Gasteiger partial charge in [0, 0.05) is 10.0 Å². The topological polar surface area (TPSA) is 64.0 Å². The summed E-state index contributed by atoms with van der Waals surface area (Å²) in [4.78, 5) is 30.6. The Hall–Kier alpha value is -2.12. The normalized spacial score (nSPS) is 12.7. The van der Waals surface area contributed by atoms with Crippen LogP contribution in [0, 0.1) is 0 Å². The van der Waals surface area contributed by atoms with Gasteiger partial charge in [0.2, 0.25) is 5.91 Å². The number of hydrogen-bond acceptors (Lipinski definition) is 4. The minimum Gasteiger partial charge on any atom is -0.351 e. The molecule has 1 unspecified atom stereocenters. The van der Waals surface area contributed by atoms with E-state index in [2.05, 4.69) is 21.2 Å². The molecule has 1 aromatic heterocycles. The molecule has 0 aliphatic carbocycles. The Morgan fingerprint density at radius 1 is 1.23 bits per heavy atom. The van der Waals surface area contributed by atoms with E-state index in [1.165, 1.54) is 11.8 Å². The van der Waals surface area contributed by atoms with Gasteiger partial charge in [-0.1, -0.05) is 64.9 Å². The predicted molar refractivity (Wildman–Crippen MR) is 127 cm³/mol. The molecule has 1 heterocycles. The fraction of sp³-hybridized carbons (Fsp3) is 0.348. The summed E-state index contributed by atoms with van der Waals surface area (Å²) < 4.78 is 2.52. The molecule has 7 heteroatoms. The van der Waals surface area contributed by atoms with Crippen LogP contribution in [0.1, 0.15) is 45.7 Å². The molecule has 3 rings (SSSR count). The minimum absolute atomic E-state index is 0.0732. The summed E-state index contributed by atoms with van der Waals surface area (Å²) >= 11 is 4.73. The van der Waals surface area contributed by atoms with E-state index in [9.17, 15) is 9.59 Å². The molecule has 0 aliphatic heterocycles. The van der Waals surface area contributed by atoms with Crippen molar-refractivity contribution in [3.63, 3.8) is 0 Å². The van der Waals surface area contributed by atoms with Crippen LogP contribution < -0.4 is 10.9 Å². The number of amides is 1. The Labute approximate surface area is 189 Å². The zero-order valence-electron chi connectivity index (χ0n) is 17.6. The Kier molecular flexibility index (Phi) is 7.03. The van der Waals surface area contributed by atoms with Gasteiger partial charge in [-0.3, -0.25) is 14.2 Å². The Morgan fingerprint density at radius 3 is 2.60 bits per heavy atom. The van der Waals surface area contributed by atoms with Crippen molar-refractivity contribution in [1.82, 2.24) is 14.9 Å². The second-order valence-electron chi connectivity index (χ2n) is 7.89. The maximum Gasteiger partial charge on any atom is 0.262 e. The molecule has 0 radical (unpaired) electrons. The van der Waals surface area contributed by atoms with Crippen LogP contribution in [0.2, 0.25) is 0 Å². The summed E-state index contributed by atoms with van der Waals surface area (Å²) in [6.07, 6.45) is 0.836.